The van der Waals surface area contributed by atoms with Gasteiger partial charge in [-0.3, -0.25) is 0 Å². The Morgan fingerprint density at radius 3 is 2.63 bits per heavy atom. The Bertz CT molecular complexity index is 660. The summed E-state index contributed by atoms with van der Waals surface area (Å²) in [6.45, 7) is 7.38. The molecule has 0 saturated carbocycles. The van der Waals surface area contributed by atoms with E-state index in [0.717, 1.165) is 29.5 Å². The van der Waals surface area contributed by atoms with E-state index in [0.29, 0.717) is 37.7 Å². The van der Waals surface area contributed by atoms with E-state index in [1.807, 2.05) is 32.9 Å². The molecule has 1 fully saturated rings. The second kappa shape index (κ2) is 9.13. The van der Waals surface area contributed by atoms with E-state index in [1.54, 1.807) is 4.90 Å². The summed E-state index contributed by atoms with van der Waals surface area (Å²) in [4.78, 5) is 13.8. The van der Waals surface area contributed by atoms with Crippen molar-refractivity contribution >= 4 is 18.5 Å². The van der Waals surface area contributed by atoms with Crippen LogP contribution in [0, 0.1) is 12.8 Å². The van der Waals surface area contributed by atoms with Gasteiger partial charge in [0.1, 0.15) is 5.75 Å². The quantitative estimate of drug-likeness (QED) is 0.815. The normalized spacial score (nSPS) is 22.9. The van der Waals surface area contributed by atoms with Crippen LogP contribution in [0.5, 0.6) is 5.75 Å². The molecule has 6 nitrogen and oxygen atoms in total. The molecule has 0 radical (unpaired) electrons. The zero-order valence-electron chi connectivity index (χ0n) is 16.3. The topological polar surface area (TPSA) is 85.0 Å². The van der Waals surface area contributed by atoms with E-state index in [4.69, 9.17) is 15.2 Å². The number of rotatable bonds is 3. The molecule has 27 heavy (non-hydrogen) atoms. The summed E-state index contributed by atoms with van der Waals surface area (Å²) < 4.78 is 11.6. The zero-order chi connectivity index (χ0) is 18.8. The first-order chi connectivity index (χ1) is 12.4. The number of aromatic hydroxyl groups is 1. The highest BCUT2D eigenvalue weighted by Gasteiger charge is 2.36. The van der Waals surface area contributed by atoms with Gasteiger partial charge in [0.25, 0.3) is 0 Å². The monoisotopic (exact) mass is 398 g/mol. The Morgan fingerprint density at radius 2 is 2.04 bits per heavy atom. The van der Waals surface area contributed by atoms with Gasteiger partial charge in [0.05, 0.1) is 18.3 Å². The third-order valence-electron chi connectivity index (χ3n) is 5.49. The first-order valence-electron chi connectivity index (χ1n) is 9.53. The summed E-state index contributed by atoms with van der Waals surface area (Å²) in [5.74, 6) is 0.715. The molecule has 0 unspecified atom stereocenters. The van der Waals surface area contributed by atoms with Crippen molar-refractivity contribution in [2.75, 3.05) is 19.6 Å². The Kier molecular flexibility index (Phi) is 7.37. The highest BCUT2D eigenvalue weighted by atomic mass is 35.5. The third-order valence-corrected chi connectivity index (χ3v) is 5.49. The van der Waals surface area contributed by atoms with E-state index >= 15 is 0 Å². The number of nitrogens with zero attached hydrogens (tertiary/aromatic N) is 1. The highest BCUT2D eigenvalue weighted by molar-refractivity contribution is 5.85. The first-order valence-corrected chi connectivity index (χ1v) is 9.53. The number of ether oxygens (including phenoxy) is 2. The molecule has 152 valence electrons. The maximum absolute atomic E-state index is 12.1. The minimum atomic E-state index is -0.235. The Labute approximate surface area is 167 Å². The number of phenols is 1. The van der Waals surface area contributed by atoms with Crippen molar-refractivity contribution in [3.8, 4) is 5.75 Å². The molecule has 0 spiro atoms. The molecule has 2 atom stereocenters. The van der Waals surface area contributed by atoms with Gasteiger partial charge in [-0.05, 0) is 50.7 Å². The minimum absolute atomic E-state index is 0. The van der Waals surface area contributed by atoms with Gasteiger partial charge in [0.15, 0.2) is 0 Å². The van der Waals surface area contributed by atoms with Crippen LogP contribution in [0.1, 0.15) is 49.5 Å². The number of aryl methyl sites for hydroxylation is 1. The molecule has 3 N–H and O–H groups in total. The summed E-state index contributed by atoms with van der Waals surface area (Å²) in [7, 11) is 0. The molecule has 1 aromatic rings. The summed E-state index contributed by atoms with van der Waals surface area (Å²) in [6.07, 6.45) is 1.94. The number of fused-ring (bicyclic) bond motifs is 1. The molecule has 0 bridgehead atoms. The standard InChI is InChI=1S/C20H30N2O4.ClH/c1-12(2)25-20(24)22-8-6-14(7-9-22)17-10-16-15(18(11-21)26-17)5-4-13(3)19(16)23;/h4-5,12,14,17-18,23H,6-11,21H2,1-3H3;1H/t17-,18-;/m0./s1. The van der Waals surface area contributed by atoms with Crippen LogP contribution in [0.3, 0.4) is 0 Å². The SMILES string of the molecule is Cc1ccc2c(c1O)C[C@@H](C1CCN(C(=O)OC(C)C)CC1)O[C@H]2CN.Cl. The van der Waals surface area contributed by atoms with E-state index in [-0.39, 0.29) is 36.8 Å². The van der Waals surface area contributed by atoms with Crippen LogP contribution in [-0.4, -0.2) is 47.9 Å². The van der Waals surface area contributed by atoms with E-state index in [1.165, 1.54) is 0 Å². The molecule has 2 aliphatic heterocycles. The molecular weight excluding hydrogens is 368 g/mol. The zero-order valence-corrected chi connectivity index (χ0v) is 17.1. The first kappa shape index (κ1) is 21.8. The molecule has 3 rings (SSSR count). The molecule has 1 aromatic carbocycles. The molecule has 2 aliphatic rings. The summed E-state index contributed by atoms with van der Waals surface area (Å²) >= 11 is 0. The number of likely N-dealkylation sites (tertiary alicyclic amines) is 1. The maximum Gasteiger partial charge on any atom is 0.410 e. The van der Waals surface area contributed by atoms with Gasteiger partial charge in [-0.1, -0.05) is 12.1 Å². The predicted molar refractivity (Wildman–Crippen MR) is 106 cm³/mol. The minimum Gasteiger partial charge on any atom is -0.507 e. The highest BCUT2D eigenvalue weighted by Crippen LogP contribution is 2.40. The summed E-state index contributed by atoms with van der Waals surface area (Å²) in [5, 5.41) is 10.5. The largest absolute Gasteiger partial charge is 0.507 e. The van der Waals surface area contributed by atoms with Gasteiger partial charge in [0.2, 0.25) is 0 Å². The van der Waals surface area contributed by atoms with Crippen LogP contribution in [0.2, 0.25) is 0 Å². The second-order valence-electron chi connectivity index (χ2n) is 7.66. The van der Waals surface area contributed by atoms with Gasteiger partial charge in [-0.25, -0.2) is 4.79 Å². The fourth-order valence-electron chi connectivity index (χ4n) is 4.01. The van der Waals surface area contributed by atoms with E-state index in [9.17, 15) is 9.90 Å². The van der Waals surface area contributed by atoms with Crippen molar-refractivity contribution in [3.63, 3.8) is 0 Å². The Morgan fingerprint density at radius 1 is 1.37 bits per heavy atom. The number of nitrogens with two attached hydrogens (primary N) is 1. The van der Waals surface area contributed by atoms with Crippen LogP contribution in [0.15, 0.2) is 12.1 Å². The number of amides is 1. The van der Waals surface area contributed by atoms with Crippen LogP contribution < -0.4 is 5.73 Å². The Hall–Kier alpha value is -1.50. The fraction of sp³-hybridized carbons (Fsp3) is 0.650. The lowest BCUT2D eigenvalue weighted by molar-refractivity contribution is -0.0644. The lowest BCUT2D eigenvalue weighted by Gasteiger charge is -2.40. The predicted octanol–water partition coefficient (Wildman–Crippen LogP) is 3.32. The van der Waals surface area contributed by atoms with Crippen LogP contribution in [-0.2, 0) is 15.9 Å². The van der Waals surface area contributed by atoms with Gasteiger partial charge in [-0.15, -0.1) is 12.4 Å². The number of hydrogen-bond acceptors (Lipinski definition) is 5. The van der Waals surface area contributed by atoms with Gasteiger partial charge in [0, 0.05) is 31.6 Å². The van der Waals surface area contributed by atoms with Crippen molar-refractivity contribution in [3.05, 3.63) is 28.8 Å². The summed E-state index contributed by atoms with van der Waals surface area (Å²) in [5.41, 5.74) is 8.79. The van der Waals surface area contributed by atoms with Gasteiger partial charge >= 0.3 is 6.09 Å². The molecular formula is C20H31ClN2O4. The number of halogens is 1. The molecule has 7 heteroatoms. The number of piperidine rings is 1. The number of carbonyl (C=O) groups excluding carboxylic acids is 1. The van der Waals surface area contributed by atoms with Crippen molar-refractivity contribution in [2.45, 2.75) is 58.3 Å². The molecule has 2 heterocycles. The smallest absolute Gasteiger partial charge is 0.410 e. The number of hydrogen-bond donors (Lipinski definition) is 2. The van der Waals surface area contributed by atoms with Crippen LogP contribution in [0.25, 0.3) is 0 Å². The lowest BCUT2D eigenvalue weighted by Crippen LogP contribution is -2.44. The average Bonchev–Trinajstić information content (AvgIpc) is 2.63. The second-order valence-corrected chi connectivity index (χ2v) is 7.66. The molecule has 1 saturated heterocycles. The fourth-order valence-corrected chi connectivity index (χ4v) is 4.01. The van der Waals surface area contributed by atoms with Crippen molar-refractivity contribution in [1.29, 1.82) is 0 Å². The van der Waals surface area contributed by atoms with Crippen LogP contribution in [0.4, 0.5) is 4.79 Å². The number of benzene rings is 1. The Balaban J connectivity index is 0.00000261. The molecule has 0 aliphatic carbocycles. The van der Waals surface area contributed by atoms with Crippen LogP contribution >= 0.6 is 12.4 Å². The molecule has 1 amide bonds. The number of carbonyl (C=O) groups is 1. The maximum atomic E-state index is 12.1. The van der Waals surface area contributed by atoms with E-state index < -0.39 is 0 Å². The van der Waals surface area contributed by atoms with Crippen molar-refractivity contribution < 1.29 is 19.4 Å². The van der Waals surface area contributed by atoms with Gasteiger partial charge in [-0.2, -0.15) is 0 Å². The van der Waals surface area contributed by atoms with E-state index in [2.05, 4.69) is 0 Å². The van der Waals surface area contributed by atoms with Gasteiger partial charge < -0.3 is 25.2 Å². The summed E-state index contributed by atoms with van der Waals surface area (Å²) in [6, 6.07) is 3.93. The third kappa shape index (κ3) is 4.68. The average molecular weight is 399 g/mol. The number of phenolic OH excluding ortho intramolecular Hbond substituents is 1. The lowest BCUT2D eigenvalue weighted by atomic mass is 9.83. The van der Waals surface area contributed by atoms with Crippen molar-refractivity contribution in [2.24, 2.45) is 11.7 Å². The molecule has 0 aromatic heterocycles. The van der Waals surface area contributed by atoms with Crippen molar-refractivity contribution in [1.82, 2.24) is 4.90 Å².